The first-order valence-corrected chi connectivity index (χ1v) is 9.53. The Morgan fingerprint density at radius 2 is 1.70 bits per heavy atom. The van der Waals surface area contributed by atoms with Gasteiger partial charge >= 0.3 is 0 Å². The molecule has 0 fully saturated rings. The van der Waals surface area contributed by atoms with Crippen molar-refractivity contribution in [1.82, 2.24) is 9.88 Å². The Balaban J connectivity index is 1.77. The van der Waals surface area contributed by atoms with Gasteiger partial charge in [-0.2, -0.15) is 0 Å². The summed E-state index contributed by atoms with van der Waals surface area (Å²) in [5.41, 5.74) is 4.36. The molecule has 1 aliphatic heterocycles. The zero-order chi connectivity index (χ0) is 21.3. The van der Waals surface area contributed by atoms with Gasteiger partial charge < -0.3 is 5.32 Å². The molecule has 1 aromatic heterocycles. The van der Waals surface area contributed by atoms with Crippen molar-refractivity contribution in [3.8, 4) is 0 Å². The number of hydrogen-bond acceptors (Lipinski definition) is 4. The van der Waals surface area contributed by atoms with Gasteiger partial charge in [-0.25, -0.2) is 4.39 Å². The van der Waals surface area contributed by atoms with Crippen LogP contribution in [0, 0.1) is 19.7 Å². The normalized spacial score (nSPS) is 13.9. The molecule has 6 heteroatoms. The maximum absolute atomic E-state index is 13.7. The number of hydrogen-bond donors (Lipinski definition) is 1. The van der Waals surface area contributed by atoms with Crippen LogP contribution in [0.5, 0.6) is 0 Å². The van der Waals surface area contributed by atoms with Crippen molar-refractivity contribution in [2.75, 3.05) is 5.32 Å². The fraction of sp³-hybridized carbons (Fsp3) is 0.125. The van der Waals surface area contributed by atoms with E-state index in [0.29, 0.717) is 11.3 Å². The molecule has 30 heavy (non-hydrogen) atoms. The molecule has 0 saturated carbocycles. The zero-order valence-electron chi connectivity index (χ0n) is 16.6. The summed E-state index contributed by atoms with van der Waals surface area (Å²) in [7, 11) is 0. The maximum Gasteiger partial charge on any atom is 0.278 e. The predicted octanol–water partition coefficient (Wildman–Crippen LogP) is 4.23. The van der Waals surface area contributed by atoms with E-state index in [0.717, 1.165) is 16.7 Å². The maximum atomic E-state index is 13.7. The van der Waals surface area contributed by atoms with Gasteiger partial charge in [-0.1, -0.05) is 24.3 Å². The van der Waals surface area contributed by atoms with Gasteiger partial charge in [0.15, 0.2) is 0 Å². The van der Waals surface area contributed by atoms with Gasteiger partial charge in [0, 0.05) is 18.1 Å². The third kappa shape index (κ3) is 3.72. The van der Waals surface area contributed by atoms with Gasteiger partial charge in [0.25, 0.3) is 11.8 Å². The Morgan fingerprint density at radius 1 is 0.933 bits per heavy atom. The van der Waals surface area contributed by atoms with Crippen molar-refractivity contribution < 1.29 is 14.0 Å². The zero-order valence-corrected chi connectivity index (χ0v) is 16.6. The van der Waals surface area contributed by atoms with Crippen LogP contribution in [0.1, 0.15) is 22.3 Å². The number of carbonyl (C=O) groups excluding carboxylic acids is 2. The molecule has 0 aliphatic carbocycles. The van der Waals surface area contributed by atoms with Crippen molar-refractivity contribution in [1.29, 1.82) is 0 Å². The minimum absolute atomic E-state index is 0.128. The number of nitrogens with one attached hydrogen (secondary N) is 1. The lowest BCUT2D eigenvalue weighted by Crippen LogP contribution is -2.32. The molecular weight excluding hydrogens is 381 g/mol. The van der Waals surface area contributed by atoms with Crippen LogP contribution in [-0.2, 0) is 16.1 Å². The van der Waals surface area contributed by atoms with Crippen LogP contribution in [0.4, 0.5) is 10.1 Å². The van der Waals surface area contributed by atoms with Crippen LogP contribution in [-0.4, -0.2) is 21.7 Å². The number of imide groups is 1. The third-order valence-corrected chi connectivity index (χ3v) is 5.15. The number of amides is 2. The molecule has 5 nitrogen and oxygen atoms in total. The van der Waals surface area contributed by atoms with Gasteiger partial charge in [-0.3, -0.25) is 19.5 Å². The highest BCUT2D eigenvalue weighted by atomic mass is 19.1. The highest BCUT2D eigenvalue weighted by molar-refractivity contribution is 6.36. The minimum Gasteiger partial charge on any atom is -0.350 e. The molecule has 1 aliphatic rings. The highest BCUT2D eigenvalue weighted by Gasteiger charge is 2.39. The lowest BCUT2D eigenvalue weighted by Gasteiger charge is -2.15. The van der Waals surface area contributed by atoms with Crippen molar-refractivity contribution >= 4 is 23.1 Å². The van der Waals surface area contributed by atoms with E-state index in [9.17, 15) is 14.0 Å². The van der Waals surface area contributed by atoms with E-state index in [1.807, 2.05) is 32.0 Å². The number of pyridine rings is 1. The molecule has 3 aromatic rings. The lowest BCUT2D eigenvalue weighted by molar-refractivity contribution is -0.137. The number of carbonyl (C=O) groups is 2. The van der Waals surface area contributed by atoms with Gasteiger partial charge in [-0.05, 0) is 66.4 Å². The first-order chi connectivity index (χ1) is 14.4. The molecule has 0 radical (unpaired) electrons. The average Bonchev–Trinajstić information content (AvgIpc) is 2.95. The van der Waals surface area contributed by atoms with Crippen LogP contribution in [0.3, 0.4) is 0 Å². The van der Waals surface area contributed by atoms with E-state index >= 15 is 0 Å². The molecule has 0 saturated heterocycles. The van der Waals surface area contributed by atoms with Crippen LogP contribution >= 0.6 is 0 Å². The summed E-state index contributed by atoms with van der Waals surface area (Å²) in [6.07, 6.45) is 3.23. The molecule has 0 bridgehead atoms. The van der Waals surface area contributed by atoms with Crippen LogP contribution in [0.15, 0.2) is 72.7 Å². The van der Waals surface area contributed by atoms with Gasteiger partial charge in [0.2, 0.25) is 0 Å². The van der Waals surface area contributed by atoms with E-state index in [1.165, 1.54) is 17.0 Å². The van der Waals surface area contributed by atoms with Crippen LogP contribution < -0.4 is 5.32 Å². The summed E-state index contributed by atoms with van der Waals surface area (Å²) in [5, 5.41) is 2.98. The van der Waals surface area contributed by atoms with Crippen molar-refractivity contribution in [2.24, 2.45) is 0 Å². The van der Waals surface area contributed by atoms with Gasteiger partial charge in [0.1, 0.15) is 11.5 Å². The van der Waals surface area contributed by atoms with E-state index < -0.39 is 11.7 Å². The third-order valence-electron chi connectivity index (χ3n) is 5.15. The Kier molecular flexibility index (Phi) is 5.14. The summed E-state index contributed by atoms with van der Waals surface area (Å²) in [5.74, 6) is -1.27. The van der Waals surface area contributed by atoms with E-state index in [-0.39, 0.29) is 23.7 Å². The van der Waals surface area contributed by atoms with Crippen molar-refractivity contribution in [3.63, 3.8) is 0 Å². The lowest BCUT2D eigenvalue weighted by atomic mass is 9.99. The Labute approximate surface area is 173 Å². The Morgan fingerprint density at radius 3 is 2.40 bits per heavy atom. The highest BCUT2D eigenvalue weighted by Crippen LogP contribution is 2.32. The van der Waals surface area contributed by atoms with E-state index in [1.54, 1.807) is 36.7 Å². The molecule has 0 spiro atoms. The first kappa shape index (κ1) is 19.5. The van der Waals surface area contributed by atoms with E-state index in [2.05, 4.69) is 10.3 Å². The molecule has 2 aromatic carbocycles. The molecule has 0 atom stereocenters. The van der Waals surface area contributed by atoms with Crippen molar-refractivity contribution in [3.05, 3.63) is 101 Å². The summed E-state index contributed by atoms with van der Waals surface area (Å²) in [4.78, 5) is 31.7. The largest absolute Gasteiger partial charge is 0.350 e. The molecule has 2 heterocycles. The van der Waals surface area contributed by atoms with Gasteiger partial charge in [-0.15, -0.1) is 0 Å². The monoisotopic (exact) mass is 401 g/mol. The number of nitrogens with zero attached hydrogens (tertiary/aromatic N) is 2. The minimum atomic E-state index is -0.450. The number of anilines is 1. The fourth-order valence-electron chi connectivity index (χ4n) is 3.38. The van der Waals surface area contributed by atoms with Crippen LogP contribution in [0.2, 0.25) is 0 Å². The van der Waals surface area contributed by atoms with Gasteiger partial charge in [0.05, 0.1) is 12.1 Å². The standard InChI is InChI=1S/C24H20FN3O2/c1-15-6-7-18(12-16(15)2)21-22(27-20-5-3-4-19(25)13-20)24(30)28(23(21)29)14-17-8-10-26-11-9-17/h3-13,27H,14H2,1-2H3. The summed E-state index contributed by atoms with van der Waals surface area (Å²) >= 11 is 0. The summed E-state index contributed by atoms with van der Waals surface area (Å²) in [6, 6.07) is 14.9. The fourth-order valence-corrected chi connectivity index (χ4v) is 3.38. The second kappa shape index (κ2) is 7.91. The molecule has 0 unspecified atom stereocenters. The Bertz CT molecular complexity index is 1170. The number of rotatable bonds is 5. The first-order valence-electron chi connectivity index (χ1n) is 9.53. The molecule has 2 amide bonds. The number of aromatic nitrogens is 1. The number of benzene rings is 2. The Hall–Kier alpha value is -3.80. The number of aryl methyl sites for hydroxylation is 2. The smallest absolute Gasteiger partial charge is 0.278 e. The topological polar surface area (TPSA) is 62.3 Å². The second-order valence-electron chi connectivity index (χ2n) is 7.24. The van der Waals surface area contributed by atoms with E-state index in [4.69, 9.17) is 0 Å². The number of halogens is 1. The van der Waals surface area contributed by atoms with Crippen LogP contribution in [0.25, 0.3) is 5.57 Å². The predicted molar refractivity (Wildman–Crippen MR) is 113 cm³/mol. The summed E-state index contributed by atoms with van der Waals surface area (Å²) < 4.78 is 13.7. The molecule has 1 N–H and O–H groups in total. The second-order valence-corrected chi connectivity index (χ2v) is 7.24. The SMILES string of the molecule is Cc1ccc(C2=C(Nc3cccc(F)c3)C(=O)N(Cc3ccncc3)C2=O)cc1C. The molecule has 150 valence electrons. The molecule has 4 rings (SSSR count). The average molecular weight is 401 g/mol. The molecular formula is C24H20FN3O2. The van der Waals surface area contributed by atoms with Crippen molar-refractivity contribution in [2.45, 2.75) is 20.4 Å². The summed E-state index contributed by atoms with van der Waals surface area (Å²) in [6.45, 7) is 4.06. The quantitative estimate of drug-likeness (QED) is 0.650.